The van der Waals surface area contributed by atoms with Gasteiger partial charge in [-0.15, -0.1) is 0 Å². The van der Waals surface area contributed by atoms with E-state index < -0.39 is 21.2 Å². The van der Waals surface area contributed by atoms with Gasteiger partial charge in [0.15, 0.2) is 9.84 Å². The smallest absolute Gasteiger partial charge is 0.224 e. The highest BCUT2D eigenvalue weighted by molar-refractivity contribution is 7.91. The van der Waals surface area contributed by atoms with Crippen molar-refractivity contribution in [3.05, 3.63) is 0 Å². The van der Waals surface area contributed by atoms with Crippen LogP contribution < -0.4 is 11.1 Å². The minimum absolute atomic E-state index is 0.107. The van der Waals surface area contributed by atoms with Crippen molar-refractivity contribution in [3.63, 3.8) is 0 Å². The number of primary amides is 1. The van der Waals surface area contributed by atoms with Gasteiger partial charge in [0.2, 0.25) is 5.91 Å². The van der Waals surface area contributed by atoms with Gasteiger partial charge in [0.05, 0.1) is 11.2 Å². The fourth-order valence-corrected chi connectivity index (χ4v) is 2.41. The fraction of sp³-hybridized carbons (Fsp3) is 0.900. The first kappa shape index (κ1) is 15.4. The van der Waals surface area contributed by atoms with Gasteiger partial charge in [-0.05, 0) is 20.3 Å². The standard InChI is InChI=1S/C10H22N2O3S/c1-4-6-16(14,15)7-5-12-8-10(2,3)9(11)13/h12H,4-8H2,1-3H3,(H2,11,13). The molecule has 0 bridgehead atoms. The molecule has 0 aliphatic carbocycles. The molecular weight excluding hydrogens is 228 g/mol. The number of rotatable bonds is 8. The predicted molar refractivity (Wildman–Crippen MR) is 64.8 cm³/mol. The Bertz CT molecular complexity index is 323. The lowest BCUT2D eigenvalue weighted by Crippen LogP contribution is -2.41. The van der Waals surface area contributed by atoms with Crippen LogP contribution in [0.1, 0.15) is 27.2 Å². The zero-order valence-corrected chi connectivity index (χ0v) is 11.1. The molecule has 1 amide bonds. The summed E-state index contributed by atoms with van der Waals surface area (Å²) in [5.74, 6) is -0.0692. The van der Waals surface area contributed by atoms with Crippen molar-refractivity contribution in [1.82, 2.24) is 5.32 Å². The molecule has 3 N–H and O–H groups in total. The molecule has 0 saturated carbocycles. The maximum absolute atomic E-state index is 11.4. The lowest BCUT2D eigenvalue weighted by molar-refractivity contribution is -0.125. The van der Waals surface area contributed by atoms with Crippen LogP contribution >= 0.6 is 0 Å². The Morgan fingerprint density at radius 1 is 1.31 bits per heavy atom. The van der Waals surface area contributed by atoms with Gasteiger partial charge in [0, 0.05) is 18.8 Å². The zero-order chi connectivity index (χ0) is 12.8. The molecule has 0 heterocycles. The van der Waals surface area contributed by atoms with E-state index in [0.717, 1.165) is 0 Å². The van der Waals surface area contributed by atoms with Gasteiger partial charge in [0.25, 0.3) is 0 Å². The van der Waals surface area contributed by atoms with Crippen LogP contribution in [0.25, 0.3) is 0 Å². The SMILES string of the molecule is CCCS(=O)(=O)CCNCC(C)(C)C(N)=O. The summed E-state index contributed by atoms with van der Waals surface area (Å²) in [6.45, 7) is 6.04. The Kier molecular flexibility index (Phi) is 5.96. The fourth-order valence-electron chi connectivity index (χ4n) is 1.13. The number of hydrogen-bond donors (Lipinski definition) is 2. The minimum atomic E-state index is -2.95. The second kappa shape index (κ2) is 6.20. The summed E-state index contributed by atoms with van der Waals surface area (Å²) in [4.78, 5) is 11.0. The summed E-state index contributed by atoms with van der Waals surface area (Å²) in [7, 11) is -2.95. The lowest BCUT2D eigenvalue weighted by Gasteiger charge is -2.20. The van der Waals surface area contributed by atoms with E-state index in [9.17, 15) is 13.2 Å². The lowest BCUT2D eigenvalue weighted by atomic mass is 9.93. The maximum atomic E-state index is 11.4. The van der Waals surface area contributed by atoms with E-state index >= 15 is 0 Å². The van der Waals surface area contributed by atoms with Crippen molar-refractivity contribution in [2.24, 2.45) is 11.1 Å². The third kappa shape index (κ3) is 6.07. The summed E-state index contributed by atoms with van der Waals surface area (Å²) in [5.41, 5.74) is 4.54. The van der Waals surface area contributed by atoms with Gasteiger partial charge in [-0.1, -0.05) is 6.92 Å². The number of hydrogen-bond acceptors (Lipinski definition) is 4. The third-order valence-electron chi connectivity index (χ3n) is 2.34. The van der Waals surface area contributed by atoms with Crippen LogP contribution in [-0.4, -0.2) is 38.9 Å². The van der Waals surface area contributed by atoms with Crippen LogP contribution in [0.2, 0.25) is 0 Å². The first-order chi connectivity index (χ1) is 7.21. The van der Waals surface area contributed by atoms with Crippen molar-refractivity contribution in [1.29, 1.82) is 0 Å². The van der Waals surface area contributed by atoms with Crippen LogP contribution in [0, 0.1) is 5.41 Å². The van der Waals surface area contributed by atoms with Gasteiger partial charge in [-0.3, -0.25) is 4.79 Å². The van der Waals surface area contributed by atoms with Crippen molar-refractivity contribution in [3.8, 4) is 0 Å². The maximum Gasteiger partial charge on any atom is 0.224 e. The quantitative estimate of drug-likeness (QED) is 0.589. The normalized spacial score (nSPS) is 12.7. The van der Waals surface area contributed by atoms with Crippen LogP contribution in [0.3, 0.4) is 0 Å². The molecule has 0 aliphatic rings. The van der Waals surface area contributed by atoms with Crippen LogP contribution in [0.5, 0.6) is 0 Å². The Hall–Kier alpha value is -0.620. The monoisotopic (exact) mass is 250 g/mol. The van der Waals surface area contributed by atoms with Crippen molar-refractivity contribution in [2.75, 3.05) is 24.6 Å². The molecular formula is C10H22N2O3S. The van der Waals surface area contributed by atoms with Gasteiger partial charge >= 0.3 is 0 Å². The Labute approximate surface area is 97.7 Å². The minimum Gasteiger partial charge on any atom is -0.369 e. The van der Waals surface area contributed by atoms with Gasteiger partial charge < -0.3 is 11.1 Å². The highest BCUT2D eigenvalue weighted by atomic mass is 32.2. The first-order valence-corrected chi connectivity index (χ1v) is 7.24. The number of carbonyl (C=O) groups excluding carboxylic acids is 1. The van der Waals surface area contributed by atoms with E-state index in [1.54, 1.807) is 13.8 Å². The molecule has 0 aromatic carbocycles. The summed E-state index contributed by atoms with van der Waals surface area (Å²) < 4.78 is 22.7. The van der Waals surface area contributed by atoms with Gasteiger partial charge in [0.1, 0.15) is 0 Å². The molecule has 96 valence electrons. The second-order valence-corrected chi connectivity index (χ2v) is 6.88. The number of nitrogens with one attached hydrogen (secondary N) is 1. The molecule has 0 aromatic rings. The average Bonchev–Trinajstić information content (AvgIpc) is 2.12. The van der Waals surface area contributed by atoms with Gasteiger partial charge in [-0.25, -0.2) is 8.42 Å². The van der Waals surface area contributed by atoms with E-state index in [1.165, 1.54) is 0 Å². The summed E-state index contributed by atoms with van der Waals surface area (Å²) >= 11 is 0. The van der Waals surface area contributed by atoms with Crippen LogP contribution in [-0.2, 0) is 14.6 Å². The molecule has 16 heavy (non-hydrogen) atoms. The van der Waals surface area contributed by atoms with Crippen molar-refractivity contribution < 1.29 is 13.2 Å². The largest absolute Gasteiger partial charge is 0.369 e. The van der Waals surface area contributed by atoms with Gasteiger partial charge in [-0.2, -0.15) is 0 Å². The van der Waals surface area contributed by atoms with Crippen LogP contribution in [0.4, 0.5) is 0 Å². The summed E-state index contributed by atoms with van der Waals surface area (Å²) in [5, 5.41) is 2.94. The average molecular weight is 250 g/mol. The summed E-state index contributed by atoms with van der Waals surface area (Å²) in [6.07, 6.45) is 0.634. The van der Waals surface area contributed by atoms with E-state index in [1.807, 2.05) is 6.92 Å². The number of nitrogens with two attached hydrogens (primary N) is 1. The Morgan fingerprint density at radius 3 is 2.31 bits per heavy atom. The Balaban J connectivity index is 3.90. The van der Waals surface area contributed by atoms with E-state index in [4.69, 9.17) is 5.73 Å². The van der Waals surface area contributed by atoms with Crippen LogP contribution in [0.15, 0.2) is 0 Å². The van der Waals surface area contributed by atoms with E-state index in [-0.39, 0.29) is 11.5 Å². The zero-order valence-electron chi connectivity index (χ0n) is 10.2. The Morgan fingerprint density at radius 2 is 1.88 bits per heavy atom. The molecule has 0 aliphatic heterocycles. The predicted octanol–water partition coefficient (Wildman–Crippen LogP) is -0.0877. The first-order valence-electron chi connectivity index (χ1n) is 5.42. The highest BCUT2D eigenvalue weighted by Crippen LogP contribution is 2.11. The molecule has 0 unspecified atom stereocenters. The topological polar surface area (TPSA) is 89.3 Å². The molecule has 5 nitrogen and oxygen atoms in total. The van der Waals surface area contributed by atoms with E-state index in [0.29, 0.717) is 19.5 Å². The van der Waals surface area contributed by atoms with E-state index in [2.05, 4.69) is 5.32 Å². The molecule has 0 fully saturated rings. The number of sulfone groups is 1. The molecule has 0 aromatic heterocycles. The highest BCUT2D eigenvalue weighted by Gasteiger charge is 2.24. The molecule has 0 spiro atoms. The second-order valence-electron chi connectivity index (χ2n) is 4.58. The van der Waals surface area contributed by atoms with Crippen molar-refractivity contribution >= 4 is 15.7 Å². The summed E-state index contributed by atoms with van der Waals surface area (Å²) in [6, 6.07) is 0. The molecule has 6 heteroatoms. The van der Waals surface area contributed by atoms with Crippen molar-refractivity contribution in [2.45, 2.75) is 27.2 Å². The molecule has 0 radical (unpaired) electrons. The number of carbonyl (C=O) groups is 1. The molecule has 0 saturated heterocycles. The molecule has 0 rings (SSSR count). The number of amides is 1. The molecule has 0 atom stereocenters. The third-order valence-corrected chi connectivity index (χ3v) is 4.20.